The van der Waals surface area contributed by atoms with E-state index < -0.39 is 46.8 Å². The summed E-state index contributed by atoms with van der Waals surface area (Å²) in [5, 5.41) is 12.7. The van der Waals surface area contributed by atoms with Crippen molar-refractivity contribution in [3.8, 4) is 5.75 Å². The number of imide groups is 1. The van der Waals surface area contributed by atoms with E-state index in [4.69, 9.17) is 4.74 Å². The van der Waals surface area contributed by atoms with E-state index in [9.17, 15) is 29.3 Å². The Bertz CT molecular complexity index is 1290. The minimum atomic E-state index is -0.786. The van der Waals surface area contributed by atoms with Crippen LogP contribution in [0.1, 0.15) is 27.1 Å². The van der Waals surface area contributed by atoms with Crippen LogP contribution in [0.15, 0.2) is 48.5 Å². The number of ketones is 1. The summed E-state index contributed by atoms with van der Waals surface area (Å²) in [6, 6.07) is 11.1. The van der Waals surface area contributed by atoms with Gasteiger partial charge in [-0.15, -0.1) is 0 Å². The van der Waals surface area contributed by atoms with E-state index in [2.05, 4.69) is 31.9 Å². The van der Waals surface area contributed by atoms with Crippen LogP contribution in [-0.2, 0) is 9.59 Å². The fourth-order valence-electron chi connectivity index (χ4n) is 5.70. The highest BCUT2D eigenvalue weighted by Crippen LogP contribution is 2.60. The SMILES string of the molecule is COc1cccc(C(=O)CN(C(=O)c2ccc([N+](=O)[O-])cc2)N2C(=O)[C@@H]3[C@H]4C[C@@H]([C@H](Br)[C@H]4Br)[C@@H]3C2=O)c1. The average molecular weight is 635 g/mol. The standard InChI is InChI=1S/C25H21Br2N3O7/c1-37-15-4-2-3-13(9-15)18(31)11-28(23(32)12-5-7-14(8-6-12)30(35)36)29-24(33)19-16-10-17(20(19)25(29)34)22(27)21(16)26/h2-9,16-17,19-22H,10-11H2,1H3/t16-,17-,19-,20+,21+,22+/m1/s1. The quantitative estimate of drug-likeness (QED) is 0.150. The minimum absolute atomic E-state index is 0.00131. The Morgan fingerprint density at radius 1 is 1.03 bits per heavy atom. The van der Waals surface area contributed by atoms with Crippen molar-refractivity contribution < 1.29 is 28.8 Å². The van der Waals surface area contributed by atoms with Gasteiger partial charge in [0.2, 0.25) is 0 Å². The molecular formula is C25H21Br2N3O7. The number of hydrogen-bond donors (Lipinski definition) is 0. The van der Waals surface area contributed by atoms with Gasteiger partial charge >= 0.3 is 0 Å². The molecule has 2 aromatic rings. The average Bonchev–Trinajstić information content (AvgIpc) is 3.51. The number of fused-ring (bicyclic) bond motifs is 5. The summed E-state index contributed by atoms with van der Waals surface area (Å²) in [5.74, 6) is -3.22. The van der Waals surface area contributed by atoms with Gasteiger partial charge in [0.25, 0.3) is 23.4 Å². The lowest BCUT2D eigenvalue weighted by atomic mass is 9.81. The minimum Gasteiger partial charge on any atom is -0.497 e. The summed E-state index contributed by atoms with van der Waals surface area (Å²) in [4.78, 5) is 64.6. The molecule has 1 aliphatic heterocycles. The van der Waals surface area contributed by atoms with Gasteiger partial charge in [-0.25, -0.2) is 5.01 Å². The summed E-state index contributed by atoms with van der Waals surface area (Å²) in [7, 11) is 1.46. The number of alkyl halides is 2. The van der Waals surface area contributed by atoms with Crippen LogP contribution in [0.3, 0.4) is 0 Å². The highest BCUT2D eigenvalue weighted by Gasteiger charge is 2.67. The monoisotopic (exact) mass is 633 g/mol. The number of hydrogen-bond acceptors (Lipinski definition) is 7. The summed E-state index contributed by atoms with van der Waals surface area (Å²) >= 11 is 7.28. The smallest absolute Gasteiger partial charge is 0.273 e. The molecule has 6 atom stereocenters. The lowest BCUT2D eigenvalue weighted by Crippen LogP contribution is -2.52. The van der Waals surface area contributed by atoms with Gasteiger partial charge in [0.1, 0.15) is 12.3 Å². The van der Waals surface area contributed by atoms with Crippen molar-refractivity contribution in [1.29, 1.82) is 0 Å². The van der Waals surface area contributed by atoms with Gasteiger partial charge in [-0.2, -0.15) is 5.01 Å². The first kappa shape index (κ1) is 25.5. The molecule has 1 saturated heterocycles. The van der Waals surface area contributed by atoms with Gasteiger partial charge in [-0.05, 0) is 42.5 Å². The number of nitrogens with zero attached hydrogens (tertiary/aromatic N) is 3. The van der Waals surface area contributed by atoms with E-state index in [0.717, 1.165) is 22.2 Å². The summed E-state index contributed by atoms with van der Waals surface area (Å²) in [5.41, 5.74) is 0.0179. The van der Waals surface area contributed by atoms with Crippen molar-refractivity contribution in [2.24, 2.45) is 23.7 Å². The molecule has 0 radical (unpaired) electrons. The lowest BCUT2D eigenvalue weighted by molar-refractivity contribution is -0.384. The largest absolute Gasteiger partial charge is 0.497 e. The van der Waals surface area contributed by atoms with Crippen molar-refractivity contribution in [2.75, 3.05) is 13.7 Å². The Hall–Kier alpha value is -3.12. The number of Topliss-reactive ketones (excluding diaryl/α,β-unsaturated/α-hetero) is 1. The molecular weight excluding hydrogens is 614 g/mol. The van der Waals surface area contributed by atoms with Crippen molar-refractivity contribution in [2.45, 2.75) is 16.1 Å². The maximum absolute atomic E-state index is 13.6. The molecule has 192 valence electrons. The number of nitro benzene ring substituents is 1. The van der Waals surface area contributed by atoms with Crippen LogP contribution in [0.2, 0.25) is 0 Å². The highest BCUT2D eigenvalue weighted by atomic mass is 79.9. The first-order chi connectivity index (χ1) is 17.6. The third kappa shape index (κ3) is 4.15. The molecule has 2 aliphatic carbocycles. The van der Waals surface area contributed by atoms with E-state index >= 15 is 0 Å². The number of carbonyl (C=O) groups excluding carboxylic acids is 4. The number of nitro groups is 1. The van der Waals surface area contributed by atoms with Crippen LogP contribution in [0.25, 0.3) is 0 Å². The number of hydrazine groups is 1. The van der Waals surface area contributed by atoms with E-state index in [1.807, 2.05) is 0 Å². The Balaban J connectivity index is 1.50. The summed E-state index contributed by atoms with van der Waals surface area (Å²) < 4.78 is 5.18. The maximum atomic E-state index is 13.6. The summed E-state index contributed by atoms with van der Waals surface area (Å²) in [6.45, 7) is -0.579. The van der Waals surface area contributed by atoms with Crippen LogP contribution in [0.4, 0.5) is 5.69 Å². The molecule has 2 saturated carbocycles. The van der Waals surface area contributed by atoms with Crippen LogP contribution >= 0.6 is 31.9 Å². The highest BCUT2D eigenvalue weighted by molar-refractivity contribution is 9.12. The first-order valence-corrected chi connectivity index (χ1v) is 13.4. The molecule has 0 unspecified atom stereocenters. The first-order valence-electron chi connectivity index (χ1n) is 11.5. The fourth-order valence-corrected chi connectivity index (χ4v) is 7.58. The van der Waals surface area contributed by atoms with E-state index in [0.29, 0.717) is 12.2 Å². The molecule has 0 aromatic heterocycles. The number of amides is 3. The van der Waals surface area contributed by atoms with E-state index in [1.54, 1.807) is 18.2 Å². The fraction of sp³-hybridized carbons (Fsp3) is 0.360. The number of rotatable bonds is 7. The van der Waals surface area contributed by atoms with Crippen LogP contribution in [0.5, 0.6) is 5.75 Å². The molecule has 2 aromatic carbocycles. The predicted molar refractivity (Wildman–Crippen MR) is 137 cm³/mol. The zero-order valence-corrected chi connectivity index (χ0v) is 22.6. The maximum Gasteiger partial charge on any atom is 0.273 e. The number of benzene rings is 2. The van der Waals surface area contributed by atoms with Crippen LogP contribution in [-0.4, -0.2) is 61.8 Å². The second kappa shape index (κ2) is 9.64. The number of carbonyl (C=O) groups is 4. The van der Waals surface area contributed by atoms with Gasteiger partial charge in [-0.1, -0.05) is 44.0 Å². The molecule has 3 fully saturated rings. The van der Waals surface area contributed by atoms with Crippen molar-refractivity contribution in [3.63, 3.8) is 0 Å². The van der Waals surface area contributed by atoms with Crippen LogP contribution < -0.4 is 4.74 Å². The Labute approximate surface area is 228 Å². The zero-order valence-electron chi connectivity index (χ0n) is 19.5. The number of halogens is 2. The van der Waals surface area contributed by atoms with E-state index in [1.165, 1.54) is 25.3 Å². The van der Waals surface area contributed by atoms with Gasteiger partial charge in [0.15, 0.2) is 5.78 Å². The van der Waals surface area contributed by atoms with Gasteiger partial charge in [0.05, 0.1) is 23.9 Å². The normalized spacial score (nSPS) is 27.8. The molecule has 10 nitrogen and oxygen atoms in total. The Morgan fingerprint density at radius 2 is 1.62 bits per heavy atom. The third-order valence-electron chi connectivity index (χ3n) is 7.45. The Morgan fingerprint density at radius 3 is 2.16 bits per heavy atom. The topological polar surface area (TPSA) is 127 Å². The number of non-ortho nitro benzene ring substituents is 1. The second-order valence-electron chi connectivity index (χ2n) is 9.31. The van der Waals surface area contributed by atoms with Crippen LogP contribution in [0, 0.1) is 33.8 Å². The molecule has 0 spiro atoms. The summed E-state index contributed by atoms with van der Waals surface area (Å²) in [6.07, 6.45) is 0.714. The van der Waals surface area contributed by atoms with Gasteiger partial charge < -0.3 is 4.74 Å². The van der Waals surface area contributed by atoms with Crippen molar-refractivity contribution >= 4 is 61.1 Å². The molecule has 3 amide bonds. The Kier molecular flexibility index (Phi) is 6.65. The molecule has 1 heterocycles. The third-order valence-corrected chi connectivity index (χ3v) is 10.7. The number of methoxy groups -OCH3 is 1. The van der Waals surface area contributed by atoms with Gasteiger partial charge in [-0.3, -0.25) is 29.3 Å². The lowest BCUT2D eigenvalue weighted by Gasteiger charge is -2.30. The van der Waals surface area contributed by atoms with Crippen molar-refractivity contribution in [3.05, 3.63) is 69.8 Å². The predicted octanol–water partition coefficient (Wildman–Crippen LogP) is 3.62. The number of ether oxygens (including phenoxy) is 1. The molecule has 37 heavy (non-hydrogen) atoms. The molecule has 2 bridgehead atoms. The molecule has 5 rings (SSSR count). The molecule has 12 heteroatoms. The van der Waals surface area contributed by atoms with Crippen molar-refractivity contribution in [1.82, 2.24) is 10.0 Å². The van der Waals surface area contributed by atoms with Gasteiger partial charge in [0, 0.05) is 32.9 Å². The molecule has 0 N–H and O–H groups in total. The zero-order chi connectivity index (χ0) is 26.6. The second-order valence-corrected chi connectivity index (χ2v) is 11.4. The van der Waals surface area contributed by atoms with E-state index in [-0.39, 0.29) is 38.3 Å². The molecule has 3 aliphatic rings.